The third-order valence-corrected chi connectivity index (χ3v) is 2.31. The molecule has 0 atom stereocenters. The highest BCUT2D eigenvalue weighted by molar-refractivity contribution is 5.95. The predicted octanol–water partition coefficient (Wildman–Crippen LogP) is 2.94. The number of esters is 2. The Hall–Kier alpha value is -1.06. The van der Waals surface area contributed by atoms with Gasteiger partial charge >= 0.3 is 11.9 Å². The van der Waals surface area contributed by atoms with Crippen LogP contribution in [0.2, 0.25) is 0 Å². The fraction of sp³-hybridized carbons (Fsp3) is 0.857. The first-order valence-electron chi connectivity index (χ1n) is 6.65. The molecule has 0 aromatic heterocycles. The molecule has 0 bridgehead atoms. The van der Waals surface area contributed by atoms with E-state index in [1.165, 1.54) is 0 Å². The van der Waals surface area contributed by atoms with Crippen molar-refractivity contribution in [3.8, 4) is 0 Å². The highest BCUT2D eigenvalue weighted by atomic mass is 16.6. The molecule has 0 saturated carbocycles. The maximum Gasteiger partial charge on any atom is 0.320 e. The van der Waals surface area contributed by atoms with Gasteiger partial charge in [0, 0.05) is 0 Å². The van der Waals surface area contributed by atoms with Crippen molar-refractivity contribution in [2.45, 2.75) is 66.6 Å². The van der Waals surface area contributed by atoms with Crippen LogP contribution in [-0.2, 0) is 19.1 Å². The summed E-state index contributed by atoms with van der Waals surface area (Å²) < 4.78 is 10.2. The molecule has 0 heterocycles. The third-order valence-electron chi connectivity index (χ3n) is 2.31. The maximum absolute atomic E-state index is 11.9. The lowest BCUT2D eigenvalue weighted by molar-refractivity contribution is -0.166. The molecule has 106 valence electrons. The van der Waals surface area contributed by atoms with Gasteiger partial charge in [0.05, 0.1) is 12.2 Å². The minimum atomic E-state index is -0.794. The lowest BCUT2D eigenvalue weighted by Gasteiger charge is -2.18. The number of carbonyl (C=O) groups excluding carboxylic acids is 2. The first-order valence-corrected chi connectivity index (χ1v) is 6.65. The van der Waals surface area contributed by atoms with Crippen LogP contribution in [0.3, 0.4) is 0 Å². The Labute approximate surface area is 110 Å². The van der Waals surface area contributed by atoms with Gasteiger partial charge in [-0.25, -0.2) is 0 Å². The molecule has 0 aliphatic heterocycles. The zero-order chi connectivity index (χ0) is 14.3. The molecule has 18 heavy (non-hydrogen) atoms. The molecule has 4 heteroatoms. The summed E-state index contributed by atoms with van der Waals surface area (Å²) in [6.45, 7) is 11.2. The molecule has 0 N–H and O–H groups in total. The Morgan fingerprint density at radius 1 is 0.778 bits per heavy atom. The van der Waals surface area contributed by atoms with Gasteiger partial charge in [-0.15, -0.1) is 0 Å². The van der Waals surface area contributed by atoms with Crippen LogP contribution in [0.25, 0.3) is 0 Å². The largest absolute Gasteiger partial charge is 0.462 e. The van der Waals surface area contributed by atoms with Gasteiger partial charge in [0.2, 0.25) is 0 Å². The molecule has 0 aromatic carbocycles. The molecular weight excluding hydrogens is 232 g/mol. The maximum atomic E-state index is 11.9. The van der Waals surface area contributed by atoms with E-state index in [9.17, 15) is 9.59 Å². The van der Waals surface area contributed by atoms with Crippen molar-refractivity contribution in [2.75, 3.05) is 0 Å². The van der Waals surface area contributed by atoms with Gasteiger partial charge in [0.15, 0.2) is 5.92 Å². The van der Waals surface area contributed by atoms with E-state index in [0.29, 0.717) is 12.3 Å². The van der Waals surface area contributed by atoms with Crippen LogP contribution in [0.5, 0.6) is 0 Å². The SMILES string of the molecule is CC(C)CCC(C(=O)OC(C)C)C(=O)OC(C)C. The Morgan fingerprint density at radius 3 is 1.44 bits per heavy atom. The van der Waals surface area contributed by atoms with E-state index < -0.39 is 17.9 Å². The summed E-state index contributed by atoms with van der Waals surface area (Å²) in [7, 11) is 0. The van der Waals surface area contributed by atoms with Gasteiger partial charge in [-0.2, -0.15) is 0 Å². The summed E-state index contributed by atoms with van der Waals surface area (Å²) >= 11 is 0. The smallest absolute Gasteiger partial charge is 0.320 e. The Kier molecular flexibility index (Phi) is 7.64. The van der Waals surface area contributed by atoms with Gasteiger partial charge in [0.25, 0.3) is 0 Å². The number of hydrogen-bond donors (Lipinski definition) is 0. The van der Waals surface area contributed by atoms with Gasteiger partial charge < -0.3 is 9.47 Å². The molecule has 0 aromatic rings. The molecular formula is C14H26O4. The first kappa shape index (κ1) is 16.9. The number of ether oxygens (including phenoxy) is 2. The Bertz CT molecular complexity index is 247. The van der Waals surface area contributed by atoms with E-state index in [-0.39, 0.29) is 12.2 Å². The second-order valence-electron chi connectivity index (χ2n) is 5.50. The fourth-order valence-corrected chi connectivity index (χ4v) is 1.46. The average molecular weight is 258 g/mol. The van der Waals surface area contributed by atoms with Gasteiger partial charge in [-0.3, -0.25) is 9.59 Å². The number of carbonyl (C=O) groups is 2. The highest BCUT2D eigenvalue weighted by Crippen LogP contribution is 2.17. The van der Waals surface area contributed by atoms with Crippen LogP contribution >= 0.6 is 0 Å². The quantitative estimate of drug-likeness (QED) is 0.520. The molecule has 0 amide bonds. The summed E-state index contributed by atoms with van der Waals surface area (Å²) in [5.74, 6) is -1.31. The third kappa shape index (κ3) is 7.30. The second kappa shape index (κ2) is 8.11. The van der Waals surface area contributed by atoms with Crippen LogP contribution in [0.4, 0.5) is 0 Å². The van der Waals surface area contributed by atoms with Crippen molar-refractivity contribution in [1.82, 2.24) is 0 Å². The molecule has 0 spiro atoms. The molecule has 0 saturated heterocycles. The summed E-state index contributed by atoms with van der Waals surface area (Å²) in [5.41, 5.74) is 0. The summed E-state index contributed by atoms with van der Waals surface area (Å²) in [6.07, 6.45) is 0.844. The summed E-state index contributed by atoms with van der Waals surface area (Å²) in [4.78, 5) is 23.7. The van der Waals surface area contributed by atoms with E-state index in [2.05, 4.69) is 13.8 Å². The zero-order valence-corrected chi connectivity index (χ0v) is 12.4. The van der Waals surface area contributed by atoms with Crippen molar-refractivity contribution in [2.24, 2.45) is 11.8 Å². The fourth-order valence-electron chi connectivity index (χ4n) is 1.46. The van der Waals surface area contributed by atoms with E-state index in [1.54, 1.807) is 27.7 Å². The van der Waals surface area contributed by atoms with Gasteiger partial charge in [-0.1, -0.05) is 13.8 Å². The number of rotatable bonds is 7. The van der Waals surface area contributed by atoms with E-state index >= 15 is 0 Å². The minimum absolute atomic E-state index is 0.217. The van der Waals surface area contributed by atoms with Crippen LogP contribution < -0.4 is 0 Å². The zero-order valence-electron chi connectivity index (χ0n) is 12.4. The van der Waals surface area contributed by atoms with Crippen molar-refractivity contribution in [3.05, 3.63) is 0 Å². The Balaban J connectivity index is 4.59. The standard InChI is InChI=1S/C14H26O4/c1-9(2)7-8-12(13(15)17-10(3)4)14(16)18-11(5)6/h9-12H,7-8H2,1-6H3. The van der Waals surface area contributed by atoms with Crippen molar-refractivity contribution in [1.29, 1.82) is 0 Å². The highest BCUT2D eigenvalue weighted by Gasteiger charge is 2.30. The first-order chi connectivity index (χ1) is 8.23. The molecule has 0 aliphatic rings. The van der Waals surface area contributed by atoms with Crippen LogP contribution in [0.1, 0.15) is 54.4 Å². The van der Waals surface area contributed by atoms with Gasteiger partial charge in [0.1, 0.15) is 0 Å². The molecule has 0 aliphatic carbocycles. The van der Waals surface area contributed by atoms with Crippen molar-refractivity contribution >= 4 is 11.9 Å². The van der Waals surface area contributed by atoms with Crippen molar-refractivity contribution in [3.63, 3.8) is 0 Å². The monoisotopic (exact) mass is 258 g/mol. The van der Waals surface area contributed by atoms with Crippen LogP contribution in [-0.4, -0.2) is 24.1 Å². The molecule has 0 radical (unpaired) electrons. The number of hydrogen-bond acceptors (Lipinski definition) is 4. The summed E-state index contributed by atoms with van der Waals surface area (Å²) in [6, 6.07) is 0. The van der Waals surface area contributed by atoms with E-state index in [1.807, 2.05) is 0 Å². The molecule has 0 rings (SSSR count). The van der Waals surface area contributed by atoms with E-state index in [0.717, 1.165) is 6.42 Å². The lowest BCUT2D eigenvalue weighted by Crippen LogP contribution is -2.31. The normalized spacial score (nSPS) is 11.4. The van der Waals surface area contributed by atoms with E-state index in [4.69, 9.17) is 9.47 Å². The average Bonchev–Trinajstić information content (AvgIpc) is 2.14. The molecule has 0 unspecified atom stereocenters. The van der Waals surface area contributed by atoms with Crippen LogP contribution in [0, 0.1) is 11.8 Å². The lowest BCUT2D eigenvalue weighted by atomic mass is 9.98. The van der Waals surface area contributed by atoms with Crippen LogP contribution in [0.15, 0.2) is 0 Å². The Morgan fingerprint density at radius 2 is 1.17 bits per heavy atom. The van der Waals surface area contributed by atoms with Gasteiger partial charge in [-0.05, 0) is 46.5 Å². The predicted molar refractivity (Wildman–Crippen MR) is 70.0 cm³/mol. The molecule has 4 nitrogen and oxygen atoms in total. The van der Waals surface area contributed by atoms with Crippen molar-refractivity contribution < 1.29 is 19.1 Å². The molecule has 0 fully saturated rings. The second-order valence-corrected chi connectivity index (χ2v) is 5.50. The minimum Gasteiger partial charge on any atom is -0.462 e. The topological polar surface area (TPSA) is 52.6 Å². The summed E-state index contributed by atoms with van der Waals surface area (Å²) in [5, 5.41) is 0.